The van der Waals surface area contributed by atoms with Crippen LogP contribution in [0.1, 0.15) is 32.6 Å². The Labute approximate surface area is 132 Å². The van der Waals surface area contributed by atoms with E-state index in [1.807, 2.05) is 24.3 Å². The summed E-state index contributed by atoms with van der Waals surface area (Å²) in [5.74, 6) is 0.960. The smallest absolute Gasteiger partial charge is 0.145 e. The highest BCUT2D eigenvalue weighted by Gasteiger charge is 2.03. The molecule has 0 atom stereocenters. The van der Waals surface area contributed by atoms with Crippen molar-refractivity contribution in [1.29, 1.82) is 0 Å². The number of unbranched alkanes of at least 4 members (excludes halogenated alkanes) is 1. The topological polar surface area (TPSA) is 22.0 Å². The van der Waals surface area contributed by atoms with Crippen LogP contribution >= 0.6 is 12.6 Å². The molecule has 3 rings (SSSR count). The molecule has 1 heterocycles. The third-order valence-corrected chi connectivity index (χ3v) is 3.89. The SMILES string of the molecule is C1CC[OH+]C1.CCCCOc1ccc(S)c2ccccc12. The van der Waals surface area contributed by atoms with Crippen molar-refractivity contribution in [3.63, 3.8) is 0 Å². The number of hydrogen-bond acceptors (Lipinski definition) is 2. The molecule has 0 bridgehead atoms. The zero-order valence-electron chi connectivity index (χ0n) is 12.7. The van der Waals surface area contributed by atoms with Gasteiger partial charge >= 0.3 is 0 Å². The fourth-order valence-corrected chi connectivity index (χ4v) is 2.54. The van der Waals surface area contributed by atoms with Crippen LogP contribution in [0.5, 0.6) is 5.75 Å². The van der Waals surface area contributed by atoms with Crippen LogP contribution in [0, 0.1) is 0 Å². The molecule has 3 heteroatoms. The molecule has 0 radical (unpaired) electrons. The molecular weight excluding hydrogens is 280 g/mol. The fraction of sp³-hybridized carbons (Fsp3) is 0.444. The minimum absolute atomic E-state index is 0.784. The lowest BCUT2D eigenvalue weighted by molar-refractivity contribution is 0.0102. The molecular formula is C18H25O2S+. The number of fused-ring (bicyclic) bond motifs is 1. The molecule has 2 aromatic rings. The van der Waals surface area contributed by atoms with Gasteiger partial charge in [0.2, 0.25) is 0 Å². The van der Waals surface area contributed by atoms with Gasteiger partial charge in [-0.1, -0.05) is 37.6 Å². The third kappa shape index (κ3) is 4.94. The summed E-state index contributed by atoms with van der Waals surface area (Å²) in [4.78, 5) is 0.999. The van der Waals surface area contributed by atoms with E-state index < -0.39 is 0 Å². The summed E-state index contributed by atoms with van der Waals surface area (Å²) >= 11 is 4.45. The second-order valence-corrected chi connectivity index (χ2v) is 5.69. The summed E-state index contributed by atoms with van der Waals surface area (Å²) in [6.45, 7) is 5.20. The highest BCUT2D eigenvalue weighted by molar-refractivity contribution is 7.80. The molecule has 2 aromatic carbocycles. The van der Waals surface area contributed by atoms with E-state index in [0.717, 1.165) is 54.1 Å². The van der Waals surface area contributed by atoms with E-state index in [0.29, 0.717) is 0 Å². The molecule has 0 aromatic heterocycles. The summed E-state index contributed by atoms with van der Waals surface area (Å²) in [6, 6.07) is 12.2. The lowest BCUT2D eigenvalue weighted by atomic mass is 10.1. The molecule has 1 aliphatic heterocycles. The monoisotopic (exact) mass is 305 g/mol. The van der Waals surface area contributed by atoms with E-state index in [1.165, 1.54) is 12.8 Å². The van der Waals surface area contributed by atoms with Crippen molar-refractivity contribution in [2.75, 3.05) is 19.8 Å². The molecule has 0 spiro atoms. The molecule has 1 fully saturated rings. The van der Waals surface area contributed by atoms with Crippen molar-refractivity contribution in [3.05, 3.63) is 36.4 Å². The average Bonchev–Trinajstić information content (AvgIpc) is 3.10. The molecule has 1 aliphatic rings. The minimum Gasteiger partial charge on any atom is -0.493 e. The Morgan fingerprint density at radius 2 is 1.76 bits per heavy atom. The summed E-state index contributed by atoms with van der Waals surface area (Å²) in [6.07, 6.45) is 4.92. The lowest BCUT2D eigenvalue weighted by Gasteiger charge is -2.10. The lowest BCUT2D eigenvalue weighted by Crippen LogP contribution is -1.97. The first-order chi connectivity index (χ1) is 10.3. The van der Waals surface area contributed by atoms with Crippen molar-refractivity contribution in [3.8, 4) is 5.75 Å². The van der Waals surface area contributed by atoms with Crippen LogP contribution in [0.3, 0.4) is 0 Å². The van der Waals surface area contributed by atoms with Gasteiger partial charge in [0.25, 0.3) is 0 Å². The highest BCUT2D eigenvalue weighted by Crippen LogP contribution is 2.30. The van der Waals surface area contributed by atoms with E-state index in [4.69, 9.17) is 4.74 Å². The molecule has 0 amide bonds. The number of hydrogen-bond donors (Lipinski definition) is 1. The summed E-state index contributed by atoms with van der Waals surface area (Å²) in [5.41, 5.74) is 0. The first kappa shape index (κ1) is 16.2. The summed E-state index contributed by atoms with van der Waals surface area (Å²) in [5, 5.41) is 2.30. The fourth-order valence-electron chi connectivity index (χ4n) is 2.27. The zero-order chi connectivity index (χ0) is 14.9. The van der Waals surface area contributed by atoms with Crippen molar-refractivity contribution in [2.24, 2.45) is 0 Å². The summed E-state index contributed by atoms with van der Waals surface area (Å²) in [7, 11) is 0. The molecule has 0 unspecified atom stereocenters. The third-order valence-electron chi connectivity index (χ3n) is 3.50. The predicted octanol–water partition coefficient (Wildman–Crippen LogP) is 4.62. The number of benzene rings is 2. The van der Waals surface area contributed by atoms with Crippen molar-refractivity contribution in [1.82, 2.24) is 0 Å². The van der Waals surface area contributed by atoms with Gasteiger partial charge in [0.1, 0.15) is 19.0 Å². The maximum absolute atomic E-state index is 5.78. The Hall–Kier alpha value is -1.19. The number of rotatable bonds is 4. The van der Waals surface area contributed by atoms with Gasteiger partial charge in [-0.25, -0.2) is 0 Å². The molecule has 21 heavy (non-hydrogen) atoms. The zero-order valence-corrected chi connectivity index (χ0v) is 13.6. The van der Waals surface area contributed by atoms with E-state index in [1.54, 1.807) is 0 Å². The second kappa shape index (κ2) is 8.96. The Kier molecular flexibility index (Phi) is 6.90. The van der Waals surface area contributed by atoms with Crippen LogP contribution in [-0.4, -0.2) is 24.6 Å². The van der Waals surface area contributed by atoms with Gasteiger partial charge < -0.3 is 9.47 Å². The Morgan fingerprint density at radius 1 is 1.05 bits per heavy atom. The molecule has 0 saturated carbocycles. The van der Waals surface area contributed by atoms with Gasteiger partial charge in [-0.3, -0.25) is 0 Å². The van der Waals surface area contributed by atoms with Crippen LogP contribution in [0.25, 0.3) is 10.8 Å². The summed E-state index contributed by atoms with van der Waals surface area (Å²) < 4.78 is 9.86. The maximum atomic E-state index is 5.78. The number of thiol groups is 1. The van der Waals surface area contributed by atoms with E-state index in [2.05, 4.69) is 36.4 Å². The van der Waals surface area contributed by atoms with Crippen molar-refractivity contribution < 1.29 is 9.47 Å². The normalized spacial score (nSPS) is 13.8. The molecule has 2 nitrogen and oxygen atoms in total. The van der Waals surface area contributed by atoms with Gasteiger partial charge in [0, 0.05) is 23.1 Å². The van der Waals surface area contributed by atoms with Gasteiger partial charge in [-0.15, -0.1) is 12.6 Å². The average molecular weight is 305 g/mol. The van der Waals surface area contributed by atoms with Crippen LogP contribution in [-0.2, 0) is 0 Å². The van der Waals surface area contributed by atoms with Crippen LogP contribution in [0.2, 0.25) is 0 Å². The highest BCUT2D eigenvalue weighted by atomic mass is 32.1. The predicted molar refractivity (Wildman–Crippen MR) is 92.8 cm³/mol. The van der Waals surface area contributed by atoms with Crippen LogP contribution in [0.15, 0.2) is 41.3 Å². The Bertz CT molecular complexity index is 542. The standard InChI is InChI=1S/C14H16OS.C4H8O/c1-2-3-10-15-13-8-9-14(16)12-7-5-4-6-11(12)13;1-2-4-5-3-1/h4-9,16H,2-3,10H2,1H3;1-4H2/p+1. The largest absolute Gasteiger partial charge is 0.493 e. The van der Waals surface area contributed by atoms with Gasteiger partial charge in [0.05, 0.1) is 6.61 Å². The van der Waals surface area contributed by atoms with Gasteiger partial charge in [-0.05, 0) is 23.9 Å². The quantitative estimate of drug-likeness (QED) is 0.497. The van der Waals surface area contributed by atoms with E-state index in [-0.39, 0.29) is 0 Å². The molecule has 0 aliphatic carbocycles. The van der Waals surface area contributed by atoms with Crippen LogP contribution in [0.4, 0.5) is 0 Å². The Balaban J connectivity index is 0.000000272. The molecule has 114 valence electrons. The number of aliphatic hydroxyl groups is 2. The first-order valence-corrected chi connectivity index (χ1v) is 8.24. The van der Waals surface area contributed by atoms with Gasteiger partial charge in [0.15, 0.2) is 0 Å². The minimum atomic E-state index is 0.784. The molecule has 1 N–H and O–H groups in total. The maximum Gasteiger partial charge on any atom is 0.145 e. The second-order valence-electron chi connectivity index (χ2n) is 5.21. The first-order valence-electron chi connectivity index (χ1n) is 7.79. The van der Waals surface area contributed by atoms with E-state index in [9.17, 15) is 0 Å². The number of ether oxygens (including phenoxy) is 2. The van der Waals surface area contributed by atoms with Crippen LogP contribution < -0.4 is 4.74 Å². The van der Waals surface area contributed by atoms with Crippen molar-refractivity contribution in [2.45, 2.75) is 37.5 Å². The van der Waals surface area contributed by atoms with Gasteiger partial charge in [-0.2, -0.15) is 0 Å². The van der Waals surface area contributed by atoms with E-state index >= 15 is 0 Å². The van der Waals surface area contributed by atoms with Crippen molar-refractivity contribution >= 4 is 23.4 Å². The Morgan fingerprint density at radius 3 is 2.38 bits per heavy atom. The molecule has 1 saturated heterocycles.